The van der Waals surface area contributed by atoms with Crippen LogP contribution in [0.25, 0.3) is 0 Å². The van der Waals surface area contributed by atoms with Crippen LogP contribution in [0, 0.1) is 0 Å². The van der Waals surface area contributed by atoms with Gasteiger partial charge >= 0.3 is 24.6 Å². The molecule has 0 fully saturated rings. The van der Waals surface area contributed by atoms with Gasteiger partial charge in [-0.05, 0) is 0 Å². The van der Waals surface area contributed by atoms with E-state index in [-0.39, 0.29) is 0 Å². The van der Waals surface area contributed by atoms with E-state index in [9.17, 15) is 43.9 Å². The van der Waals surface area contributed by atoms with Crippen LogP contribution in [-0.2, 0) is 4.74 Å². The largest absolute Gasteiger partial charge is 0.413 e. The second-order valence-corrected chi connectivity index (χ2v) is 3.91. The highest BCUT2D eigenvalue weighted by Crippen LogP contribution is 2.44. The van der Waals surface area contributed by atoms with Crippen LogP contribution in [-0.4, -0.2) is 35.3 Å². The fourth-order valence-electron chi connectivity index (χ4n) is 0.666. The molecule has 0 amide bonds. The molecule has 0 aliphatic rings. The first-order valence-electron chi connectivity index (χ1n) is 3.89. The number of alkyl halides is 12. The van der Waals surface area contributed by atoms with Gasteiger partial charge in [0.2, 0.25) is 10.8 Å². The fraction of sp³-hybridized carbons (Fsp3) is 1.00. The standard InChI is InChI=1S/C6H2Cl2F10O/c7-1(3(9,10)11)5(15,16)19-6(17,18)2(8)4(12,13)14/h1-2H. The maximum atomic E-state index is 12.6. The first kappa shape index (κ1) is 18.8. The minimum atomic E-state index is -5.89. The van der Waals surface area contributed by atoms with E-state index in [1.807, 2.05) is 0 Å². The molecule has 0 saturated heterocycles. The lowest BCUT2D eigenvalue weighted by Gasteiger charge is -2.30. The summed E-state index contributed by atoms with van der Waals surface area (Å²) < 4.78 is 123. The van der Waals surface area contributed by atoms with Crippen molar-refractivity contribution in [2.45, 2.75) is 35.3 Å². The van der Waals surface area contributed by atoms with Gasteiger partial charge in [0.05, 0.1) is 0 Å². The van der Waals surface area contributed by atoms with Gasteiger partial charge in [0.1, 0.15) is 0 Å². The molecule has 116 valence electrons. The molecule has 0 saturated carbocycles. The SMILES string of the molecule is FC(F)(F)C(Cl)C(F)(F)OC(F)(F)C(Cl)C(F)(F)F. The topological polar surface area (TPSA) is 9.23 Å². The highest BCUT2D eigenvalue weighted by molar-refractivity contribution is 6.22. The van der Waals surface area contributed by atoms with E-state index in [0.717, 1.165) is 0 Å². The Hall–Kier alpha value is -0.160. The molecule has 0 aliphatic carbocycles. The van der Waals surface area contributed by atoms with Crippen LogP contribution in [0.4, 0.5) is 43.9 Å². The lowest BCUT2D eigenvalue weighted by molar-refractivity contribution is -0.403. The Morgan fingerprint density at radius 3 is 0.947 bits per heavy atom. The Kier molecular flexibility index (Phi) is 5.27. The van der Waals surface area contributed by atoms with Crippen molar-refractivity contribution in [3.8, 4) is 0 Å². The molecule has 0 radical (unpaired) electrons. The van der Waals surface area contributed by atoms with Crippen LogP contribution in [0.3, 0.4) is 0 Å². The fourth-order valence-corrected chi connectivity index (χ4v) is 0.755. The molecule has 13 heteroatoms. The summed E-state index contributed by atoms with van der Waals surface area (Å²) in [5, 5.41) is -8.55. The van der Waals surface area contributed by atoms with Crippen LogP contribution in [0.5, 0.6) is 0 Å². The lowest BCUT2D eigenvalue weighted by atomic mass is 10.3. The highest BCUT2D eigenvalue weighted by atomic mass is 35.5. The summed E-state index contributed by atoms with van der Waals surface area (Å²) in [4.78, 5) is 0. The van der Waals surface area contributed by atoms with Crippen LogP contribution in [0.15, 0.2) is 0 Å². The zero-order chi connectivity index (χ0) is 15.9. The molecule has 0 heterocycles. The maximum absolute atomic E-state index is 12.6. The van der Waals surface area contributed by atoms with E-state index >= 15 is 0 Å². The van der Waals surface area contributed by atoms with Crippen LogP contribution >= 0.6 is 23.2 Å². The van der Waals surface area contributed by atoms with E-state index in [0.29, 0.717) is 0 Å². The molecule has 0 aliphatic heterocycles. The molecule has 0 bridgehead atoms. The third-order valence-electron chi connectivity index (χ3n) is 1.44. The number of rotatable bonds is 4. The van der Waals surface area contributed by atoms with Crippen molar-refractivity contribution in [3.05, 3.63) is 0 Å². The summed E-state index contributed by atoms with van der Waals surface area (Å²) in [5.74, 6) is 0. The molecular formula is C6H2Cl2F10O. The molecule has 0 aromatic rings. The van der Waals surface area contributed by atoms with Gasteiger partial charge in [0, 0.05) is 0 Å². The molecule has 0 spiro atoms. The number of halogens is 12. The van der Waals surface area contributed by atoms with E-state index in [4.69, 9.17) is 0 Å². The van der Waals surface area contributed by atoms with E-state index in [2.05, 4.69) is 27.9 Å². The Labute approximate surface area is 108 Å². The number of hydrogen-bond acceptors (Lipinski definition) is 1. The monoisotopic (exact) mass is 350 g/mol. The van der Waals surface area contributed by atoms with Crippen LogP contribution in [0.2, 0.25) is 0 Å². The smallest absolute Gasteiger partial charge is 0.252 e. The molecule has 1 nitrogen and oxygen atoms in total. The Morgan fingerprint density at radius 2 is 0.789 bits per heavy atom. The normalized spacial score (nSPS) is 18.3. The molecule has 19 heavy (non-hydrogen) atoms. The van der Waals surface area contributed by atoms with E-state index < -0.39 is 35.3 Å². The number of ether oxygens (including phenoxy) is 1. The summed E-state index contributed by atoms with van der Waals surface area (Å²) in [6, 6.07) is 0. The highest BCUT2D eigenvalue weighted by Gasteiger charge is 2.65. The second-order valence-electron chi connectivity index (χ2n) is 3.03. The summed E-state index contributed by atoms with van der Waals surface area (Å²) in [6.07, 6.45) is -23.4. The molecule has 2 atom stereocenters. The Bertz CT molecular complexity index is 280. The van der Waals surface area contributed by atoms with Gasteiger partial charge in [-0.15, -0.1) is 23.2 Å². The first-order chi connectivity index (χ1) is 8.02. The van der Waals surface area contributed by atoms with Crippen molar-refractivity contribution < 1.29 is 48.6 Å². The molecule has 0 N–H and O–H groups in total. The van der Waals surface area contributed by atoms with Gasteiger partial charge in [0.15, 0.2) is 0 Å². The zero-order valence-electron chi connectivity index (χ0n) is 8.10. The second kappa shape index (κ2) is 5.32. The third-order valence-corrected chi connectivity index (χ3v) is 2.44. The van der Waals surface area contributed by atoms with E-state index in [1.165, 1.54) is 0 Å². The third kappa shape index (κ3) is 5.03. The van der Waals surface area contributed by atoms with Crippen molar-refractivity contribution in [3.63, 3.8) is 0 Å². The predicted octanol–water partition coefficient (Wildman–Crippen LogP) is 4.53. The van der Waals surface area contributed by atoms with Crippen molar-refractivity contribution >= 4 is 23.2 Å². The van der Waals surface area contributed by atoms with Gasteiger partial charge < -0.3 is 0 Å². The Morgan fingerprint density at radius 1 is 0.579 bits per heavy atom. The Balaban J connectivity index is 5.11. The molecule has 0 aromatic carbocycles. The average Bonchev–Trinajstić information content (AvgIpc) is 2.10. The van der Waals surface area contributed by atoms with Crippen molar-refractivity contribution in [1.82, 2.24) is 0 Å². The van der Waals surface area contributed by atoms with Crippen molar-refractivity contribution in [2.75, 3.05) is 0 Å². The van der Waals surface area contributed by atoms with Crippen molar-refractivity contribution in [2.24, 2.45) is 0 Å². The van der Waals surface area contributed by atoms with Gasteiger partial charge in [-0.2, -0.15) is 43.9 Å². The molecular weight excluding hydrogens is 349 g/mol. The van der Waals surface area contributed by atoms with Crippen LogP contribution in [0.1, 0.15) is 0 Å². The summed E-state index contributed by atoms with van der Waals surface area (Å²) in [7, 11) is 0. The van der Waals surface area contributed by atoms with Crippen molar-refractivity contribution in [1.29, 1.82) is 0 Å². The average molecular weight is 351 g/mol. The molecule has 2 unspecified atom stereocenters. The number of hydrogen-bond donors (Lipinski definition) is 0. The minimum Gasteiger partial charge on any atom is -0.252 e. The molecule has 0 aromatic heterocycles. The quantitative estimate of drug-likeness (QED) is 0.534. The van der Waals surface area contributed by atoms with Crippen LogP contribution < -0.4 is 0 Å². The lowest BCUT2D eigenvalue weighted by Crippen LogP contribution is -2.52. The summed E-state index contributed by atoms with van der Waals surface area (Å²) in [6.45, 7) is 0. The van der Waals surface area contributed by atoms with E-state index in [1.54, 1.807) is 0 Å². The van der Waals surface area contributed by atoms with Gasteiger partial charge in [0.25, 0.3) is 0 Å². The predicted molar refractivity (Wildman–Crippen MR) is 42.4 cm³/mol. The maximum Gasteiger partial charge on any atom is 0.413 e. The zero-order valence-corrected chi connectivity index (χ0v) is 9.61. The van der Waals surface area contributed by atoms with Gasteiger partial charge in [-0.25, -0.2) is 0 Å². The van der Waals surface area contributed by atoms with Gasteiger partial charge in [-0.1, -0.05) is 0 Å². The summed E-state index contributed by atoms with van der Waals surface area (Å²) in [5.41, 5.74) is 0. The summed E-state index contributed by atoms with van der Waals surface area (Å²) >= 11 is 8.23. The first-order valence-corrected chi connectivity index (χ1v) is 4.76. The minimum absolute atomic E-state index is 2.23. The van der Waals surface area contributed by atoms with Gasteiger partial charge in [-0.3, -0.25) is 4.74 Å². The molecule has 0 rings (SSSR count).